The summed E-state index contributed by atoms with van der Waals surface area (Å²) < 4.78 is 0. The van der Waals surface area contributed by atoms with Crippen molar-refractivity contribution in [3.8, 4) is 0 Å². The molecule has 102 valence electrons. The summed E-state index contributed by atoms with van der Waals surface area (Å²) in [7, 11) is 0. The zero-order chi connectivity index (χ0) is 13.2. The molecule has 2 aliphatic heterocycles. The van der Waals surface area contributed by atoms with E-state index >= 15 is 0 Å². The van der Waals surface area contributed by atoms with Gasteiger partial charge in [0.25, 0.3) is 0 Å². The van der Waals surface area contributed by atoms with Crippen LogP contribution in [0.15, 0.2) is 0 Å². The fourth-order valence-corrected chi connectivity index (χ4v) is 2.91. The van der Waals surface area contributed by atoms with Gasteiger partial charge in [-0.25, -0.2) is 0 Å². The van der Waals surface area contributed by atoms with Gasteiger partial charge in [0.1, 0.15) is 0 Å². The lowest BCUT2D eigenvalue weighted by Gasteiger charge is -2.38. The predicted octanol–water partition coefficient (Wildman–Crippen LogP) is 0.997. The Bertz CT molecular complexity index is 331. The summed E-state index contributed by atoms with van der Waals surface area (Å²) >= 11 is 5.13. The predicted molar refractivity (Wildman–Crippen MR) is 76.4 cm³/mol. The number of rotatable bonds is 3. The summed E-state index contributed by atoms with van der Waals surface area (Å²) in [4.78, 5) is 16.9. The minimum Gasteiger partial charge on any atom is -0.393 e. The lowest BCUT2D eigenvalue weighted by molar-refractivity contribution is -0.131. The van der Waals surface area contributed by atoms with Crippen molar-refractivity contribution in [2.75, 3.05) is 32.7 Å². The number of hydrogen-bond donors (Lipinski definition) is 1. The van der Waals surface area contributed by atoms with Gasteiger partial charge in [-0.2, -0.15) is 0 Å². The highest BCUT2D eigenvalue weighted by molar-refractivity contribution is 7.80. The fourth-order valence-electron chi connectivity index (χ4n) is 2.71. The molecule has 2 heterocycles. The van der Waals surface area contributed by atoms with Gasteiger partial charge in [0.15, 0.2) is 0 Å². The maximum atomic E-state index is 12.0. The van der Waals surface area contributed by atoms with Gasteiger partial charge < -0.3 is 10.6 Å². The summed E-state index contributed by atoms with van der Waals surface area (Å²) in [5, 5.41) is 0. The molecule has 2 saturated heterocycles. The van der Waals surface area contributed by atoms with Crippen LogP contribution < -0.4 is 5.73 Å². The van der Waals surface area contributed by atoms with Gasteiger partial charge in [-0.1, -0.05) is 19.1 Å². The Balaban J connectivity index is 1.79. The monoisotopic (exact) mass is 269 g/mol. The van der Waals surface area contributed by atoms with Crippen LogP contribution in [-0.4, -0.2) is 53.4 Å². The Kier molecular flexibility index (Phi) is 4.22. The second-order valence-corrected chi connectivity index (χ2v) is 6.23. The molecule has 0 radical (unpaired) electrons. The number of thiocarbonyl (C=S) groups is 1. The molecule has 0 aromatic rings. The zero-order valence-electron chi connectivity index (χ0n) is 11.2. The maximum absolute atomic E-state index is 12.0. The van der Waals surface area contributed by atoms with E-state index in [-0.39, 0.29) is 11.3 Å². The summed E-state index contributed by atoms with van der Waals surface area (Å²) in [6.45, 7) is 6.43. The summed E-state index contributed by atoms with van der Waals surface area (Å²) in [5.74, 6) is 0.284. The largest absolute Gasteiger partial charge is 0.393 e. The quantitative estimate of drug-likeness (QED) is 0.777. The minimum atomic E-state index is -0.0114. The molecule has 2 fully saturated rings. The molecule has 0 spiro atoms. The van der Waals surface area contributed by atoms with E-state index in [4.69, 9.17) is 18.0 Å². The van der Waals surface area contributed by atoms with Crippen molar-refractivity contribution in [1.29, 1.82) is 0 Å². The van der Waals surface area contributed by atoms with Crippen molar-refractivity contribution in [3.05, 3.63) is 0 Å². The number of carbonyl (C=O) groups excluding carboxylic acids is 1. The van der Waals surface area contributed by atoms with E-state index in [1.165, 1.54) is 0 Å². The Morgan fingerprint density at radius 1 is 1.22 bits per heavy atom. The molecule has 0 aliphatic carbocycles. The van der Waals surface area contributed by atoms with Gasteiger partial charge in [-0.3, -0.25) is 9.69 Å². The van der Waals surface area contributed by atoms with Crippen LogP contribution in [0.1, 0.15) is 32.6 Å². The van der Waals surface area contributed by atoms with Crippen LogP contribution in [0.25, 0.3) is 0 Å². The highest BCUT2D eigenvalue weighted by Gasteiger charge is 2.33. The van der Waals surface area contributed by atoms with Gasteiger partial charge in [0.2, 0.25) is 5.91 Å². The number of piperidine rings is 1. The van der Waals surface area contributed by atoms with Crippen LogP contribution in [0.4, 0.5) is 0 Å². The molecule has 2 aliphatic rings. The van der Waals surface area contributed by atoms with Crippen molar-refractivity contribution in [2.45, 2.75) is 32.6 Å². The van der Waals surface area contributed by atoms with Gasteiger partial charge in [0.05, 0.1) is 11.5 Å². The van der Waals surface area contributed by atoms with E-state index in [0.717, 1.165) is 51.9 Å². The van der Waals surface area contributed by atoms with Crippen molar-refractivity contribution in [1.82, 2.24) is 9.80 Å². The molecule has 2 N–H and O–H groups in total. The normalized spacial score (nSPS) is 24.2. The molecule has 0 saturated carbocycles. The Morgan fingerprint density at radius 2 is 1.78 bits per heavy atom. The first-order valence-electron chi connectivity index (χ1n) is 6.81. The van der Waals surface area contributed by atoms with Crippen LogP contribution in [0.2, 0.25) is 0 Å². The van der Waals surface area contributed by atoms with Gasteiger partial charge in [-0.05, 0) is 38.8 Å². The Hall–Kier alpha value is -0.680. The fraction of sp³-hybridized carbons (Fsp3) is 0.846. The summed E-state index contributed by atoms with van der Waals surface area (Å²) in [6.07, 6.45) is 4.25. The minimum absolute atomic E-state index is 0.0114. The van der Waals surface area contributed by atoms with Crippen LogP contribution in [0.3, 0.4) is 0 Å². The van der Waals surface area contributed by atoms with E-state index in [1.54, 1.807) is 0 Å². The third-order valence-electron chi connectivity index (χ3n) is 4.37. The average molecular weight is 269 g/mol. The molecule has 0 unspecified atom stereocenters. The van der Waals surface area contributed by atoms with E-state index in [0.29, 0.717) is 11.5 Å². The van der Waals surface area contributed by atoms with Gasteiger partial charge in [0, 0.05) is 18.5 Å². The van der Waals surface area contributed by atoms with Crippen molar-refractivity contribution in [2.24, 2.45) is 11.1 Å². The van der Waals surface area contributed by atoms with Crippen molar-refractivity contribution >= 4 is 23.1 Å². The second kappa shape index (κ2) is 5.53. The number of hydrogen-bond acceptors (Lipinski definition) is 3. The standard InChI is InChI=1S/C13H23N3OS/c1-13(12(14)18)4-8-15(9-5-13)10-11(17)16-6-2-3-7-16/h2-10H2,1H3,(H2,14,18). The molecule has 18 heavy (non-hydrogen) atoms. The first-order chi connectivity index (χ1) is 8.51. The molecule has 0 atom stereocenters. The van der Waals surface area contributed by atoms with Gasteiger partial charge in [-0.15, -0.1) is 0 Å². The molecule has 1 amide bonds. The SMILES string of the molecule is CC1(C(N)=S)CCN(CC(=O)N2CCCC2)CC1. The molecule has 0 bridgehead atoms. The molecule has 5 heteroatoms. The Morgan fingerprint density at radius 3 is 2.28 bits per heavy atom. The average Bonchev–Trinajstić information content (AvgIpc) is 2.86. The number of carbonyl (C=O) groups is 1. The highest BCUT2D eigenvalue weighted by Crippen LogP contribution is 2.31. The van der Waals surface area contributed by atoms with E-state index in [2.05, 4.69) is 11.8 Å². The molecule has 2 rings (SSSR count). The van der Waals surface area contributed by atoms with Crippen molar-refractivity contribution in [3.63, 3.8) is 0 Å². The van der Waals surface area contributed by atoms with Crippen LogP contribution >= 0.6 is 12.2 Å². The van der Waals surface area contributed by atoms with E-state index < -0.39 is 0 Å². The zero-order valence-corrected chi connectivity index (χ0v) is 12.0. The van der Waals surface area contributed by atoms with Gasteiger partial charge >= 0.3 is 0 Å². The van der Waals surface area contributed by atoms with Crippen LogP contribution in [0.5, 0.6) is 0 Å². The number of nitrogens with zero attached hydrogens (tertiary/aromatic N) is 2. The maximum Gasteiger partial charge on any atom is 0.236 e. The molecular formula is C13H23N3OS. The first kappa shape index (κ1) is 13.7. The lowest BCUT2D eigenvalue weighted by atomic mass is 9.80. The molecule has 4 nitrogen and oxygen atoms in total. The second-order valence-electron chi connectivity index (χ2n) is 5.79. The third kappa shape index (κ3) is 3.01. The van der Waals surface area contributed by atoms with E-state index in [1.807, 2.05) is 4.90 Å². The summed E-state index contributed by atoms with van der Waals surface area (Å²) in [6, 6.07) is 0. The molecule has 0 aromatic carbocycles. The topological polar surface area (TPSA) is 49.6 Å². The third-order valence-corrected chi connectivity index (χ3v) is 4.86. The number of amides is 1. The Labute approximate surface area is 114 Å². The number of likely N-dealkylation sites (tertiary alicyclic amines) is 2. The molecular weight excluding hydrogens is 246 g/mol. The van der Waals surface area contributed by atoms with Crippen LogP contribution in [0, 0.1) is 5.41 Å². The highest BCUT2D eigenvalue weighted by atomic mass is 32.1. The summed E-state index contributed by atoms with van der Waals surface area (Å²) in [5.41, 5.74) is 5.77. The van der Waals surface area contributed by atoms with Crippen LogP contribution in [-0.2, 0) is 4.79 Å². The molecule has 0 aromatic heterocycles. The van der Waals surface area contributed by atoms with E-state index in [9.17, 15) is 4.79 Å². The smallest absolute Gasteiger partial charge is 0.236 e. The van der Waals surface area contributed by atoms with Crippen molar-refractivity contribution < 1.29 is 4.79 Å². The number of nitrogens with two attached hydrogens (primary N) is 1. The first-order valence-corrected chi connectivity index (χ1v) is 7.22. The lowest BCUT2D eigenvalue weighted by Crippen LogP contribution is -2.47.